The van der Waals surface area contributed by atoms with Gasteiger partial charge in [0.15, 0.2) is 11.5 Å². The van der Waals surface area contributed by atoms with Crippen LogP contribution in [0.25, 0.3) is 28.3 Å². The zero-order valence-corrected chi connectivity index (χ0v) is 20.4. The number of carbonyl (C=O) groups excluding carboxylic acids is 2. The zero-order chi connectivity index (χ0) is 25.6. The summed E-state index contributed by atoms with van der Waals surface area (Å²) < 4.78 is 22.8. The van der Waals surface area contributed by atoms with Crippen LogP contribution >= 0.6 is 0 Å². The Labute approximate surface area is 206 Å². The van der Waals surface area contributed by atoms with Gasteiger partial charge in [0, 0.05) is 25.6 Å². The van der Waals surface area contributed by atoms with Crippen LogP contribution in [0.15, 0.2) is 42.6 Å². The number of rotatable bonds is 3. The van der Waals surface area contributed by atoms with E-state index in [0.717, 1.165) is 11.3 Å². The minimum Gasteiger partial charge on any atom is -0.444 e. The van der Waals surface area contributed by atoms with E-state index in [2.05, 4.69) is 10.3 Å². The predicted octanol–water partition coefficient (Wildman–Crippen LogP) is 4.11. The number of amides is 2. The van der Waals surface area contributed by atoms with Gasteiger partial charge in [-0.05, 0) is 57.2 Å². The van der Waals surface area contributed by atoms with Gasteiger partial charge in [-0.2, -0.15) is 5.10 Å². The van der Waals surface area contributed by atoms with Crippen LogP contribution in [0.4, 0.5) is 15.0 Å². The summed E-state index contributed by atoms with van der Waals surface area (Å²) in [5, 5.41) is 7.38. The molecule has 0 atom stereocenters. The molecule has 1 aliphatic heterocycles. The highest BCUT2D eigenvalue weighted by Crippen LogP contribution is 2.34. The third-order valence-corrected chi connectivity index (χ3v) is 5.61. The van der Waals surface area contributed by atoms with Crippen LogP contribution in [0.3, 0.4) is 0 Å². The van der Waals surface area contributed by atoms with E-state index in [0.29, 0.717) is 41.8 Å². The SMILES string of the molecule is CC(=O)Nc1cn2nc(-c3c(-c4ccc(F)cc4)nc4n3CCN(C(=O)OC(C)(C)C)C4)ccc2n1. The van der Waals surface area contributed by atoms with Crippen molar-refractivity contribution in [2.24, 2.45) is 0 Å². The van der Waals surface area contributed by atoms with Crippen molar-refractivity contribution in [1.29, 1.82) is 0 Å². The van der Waals surface area contributed by atoms with Crippen molar-refractivity contribution in [3.05, 3.63) is 54.2 Å². The molecule has 0 saturated heterocycles. The molecule has 1 aliphatic rings. The first kappa shape index (κ1) is 23.5. The lowest BCUT2D eigenvalue weighted by atomic mass is 10.1. The highest BCUT2D eigenvalue weighted by atomic mass is 19.1. The zero-order valence-electron chi connectivity index (χ0n) is 20.4. The van der Waals surface area contributed by atoms with Crippen molar-refractivity contribution in [2.45, 2.75) is 46.4 Å². The quantitative estimate of drug-likeness (QED) is 0.462. The summed E-state index contributed by atoms with van der Waals surface area (Å²) >= 11 is 0. The molecule has 0 bridgehead atoms. The van der Waals surface area contributed by atoms with Crippen molar-refractivity contribution in [1.82, 2.24) is 29.0 Å². The van der Waals surface area contributed by atoms with Gasteiger partial charge in [0.05, 0.1) is 24.1 Å². The monoisotopic (exact) mass is 491 g/mol. The van der Waals surface area contributed by atoms with E-state index in [9.17, 15) is 14.0 Å². The molecule has 0 unspecified atom stereocenters. The highest BCUT2D eigenvalue weighted by molar-refractivity contribution is 5.88. The van der Waals surface area contributed by atoms with E-state index in [4.69, 9.17) is 14.8 Å². The smallest absolute Gasteiger partial charge is 0.410 e. The second kappa shape index (κ2) is 8.74. The van der Waals surface area contributed by atoms with Gasteiger partial charge in [-0.15, -0.1) is 0 Å². The van der Waals surface area contributed by atoms with Crippen LogP contribution in [-0.4, -0.2) is 53.2 Å². The molecule has 36 heavy (non-hydrogen) atoms. The fourth-order valence-electron chi connectivity index (χ4n) is 4.13. The fraction of sp³-hybridized carbons (Fsp3) is 0.320. The number of imidazole rings is 2. The van der Waals surface area contributed by atoms with Crippen LogP contribution < -0.4 is 5.32 Å². The molecule has 0 radical (unpaired) electrons. The van der Waals surface area contributed by atoms with Gasteiger partial charge in [0.25, 0.3) is 0 Å². The molecule has 10 nitrogen and oxygen atoms in total. The Morgan fingerprint density at radius 3 is 2.50 bits per heavy atom. The number of carbonyl (C=O) groups is 2. The molecule has 0 fully saturated rings. The van der Waals surface area contributed by atoms with Crippen LogP contribution in [0, 0.1) is 5.82 Å². The number of hydrogen-bond acceptors (Lipinski definition) is 6. The molecule has 186 valence electrons. The molecule has 1 aromatic carbocycles. The maximum atomic E-state index is 13.7. The van der Waals surface area contributed by atoms with E-state index < -0.39 is 11.7 Å². The normalized spacial score (nSPS) is 13.5. The van der Waals surface area contributed by atoms with E-state index in [1.165, 1.54) is 19.1 Å². The third kappa shape index (κ3) is 4.64. The summed E-state index contributed by atoms with van der Waals surface area (Å²) in [6.45, 7) is 8.09. The number of anilines is 1. The lowest BCUT2D eigenvalue weighted by Gasteiger charge is -2.30. The first-order valence-electron chi connectivity index (χ1n) is 11.5. The average Bonchev–Trinajstić information content (AvgIpc) is 3.37. The fourth-order valence-corrected chi connectivity index (χ4v) is 4.13. The summed E-state index contributed by atoms with van der Waals surface area (Å²) in [5.41, 5.74) is 2.69. The van der Waals surface area contributed by atoms with Crippen LogP contribution in [-0.2, 0) is 22.6 Å². The summed E-state index contributed by atoms with van der Waals surface area (Å²) in [4.78, 5) is 34.9. The van der Waals surface area contributed by atoms with Gasteiger partial charge < -0.3 is 14.6 Å². The molecule has 0 spiro atoms. The largest absolute Gasteiger partial charge is 0.444 e. The van der Waals surface area contributed by atoms with Crippen molar-refractivity contribution in [2.75, 3.05) is 11.9 Å². The summed E-state index contributed by atoms with van der Waals surface area (Å²) in [6, 6.07) is 9.75. The topological polar surface area (TPSA) is 107 Å². The number of hydrogen-bond donors (Lipinski definition) is 1. The molecule has 4 aromatic rings. The maximum absolute atomic E-state index is 13.7. The summed E-state index contributed by atoms with van der Waals surface area (Å²) in [5.74, 6) is 0.502. The third-order valence-electron chi connectivity index (χ3n) is 5.61. The molecule has 0 saturated carbocycles. The highest BCUT2D eigenvalue weighted by Gasteiger charge is 2.30. The molecule has 2 amide bonds. The van der Waals surface area contributed by atoms with E-state index in [1.807, 2.05) is 31.4 Å². The van der Waals surface area contributed by atoms with Crippen molar-refractivity contribution in [3.8, 4) is 22.6 Å². The average molecular weight is 492 g/mol. The predicted molar refractivity (Wildman–Crippen MR) is 131 cm³/mol. The maximum Gasteiger partial charge on any atom is 0.410 e. The number of nitrogens with one attached hydrogen (secondary N) is 1. The summed E-state index contributed by atoms with van der Waals surface area (Å²) in [7, 11) is 0. The van der Waals surface area contributed by atoms with Crippen LogP contribution in [0.2, 0.25) is 0 Å². The second-order valence-electron chi connectivity index (χ2n) is 9.61. The molecular weight excluding hydrogens is 465 g/mol. The number of fused-ring (bicyclic) bond motifs is 2. The van der Waals surface area contributed by atoms with Crippen molar-refractivity contribution in [3.63, 3.8) is 0 Å². The Morgan fingerprint density at radius 2 is 1.81 bits per heavy atom. The molecular formula is C25H26FN7O3. The lowest BCUT2D eigenvalue weighted by Crippen LogP contribution is -2.41. The van der Waals surface area contributed by atoms with Crippen molar-refractivity contribution >= 4 is 23.5 Å². The Kier molecular flexibility index (Phi) is 5.70. The first-order valence-corrected chi connectivity index (χ1v) is 11.5. The number of nitrogens with zero attached hydrogens (tertiary/aromatic N) is 6. The van der Waals surface area contributed by atoms with Crippen LogP contribution in [0.1, 0.15) is 33.5 Å². The van der Waals surface area contributed by atoms with Gasteiger partial charge in [0.1, 0.15) is 22.9 Å². The molecule has 11 heteroatoms. The standard InChI is InChI=1S/C25H26FN7O3/c1-15(34)27-19-13-33-20(28-19)10-9-18(30-33)23-22(16-5-7-17(26)8-6-16)29-21-14-31(11-12-32(21)23)24(35)36-25(2,3)4/h5-10,13H,11-12,14H2,1-4H3,(H,27,34). The Hall–Kier alpha value is -4.28. The van der Waals surface area contributed by atoms with Crippen LogP contribution in [0.5, 0.6) is 0 Å². The second-order valence-corrected chi connectivity index (χ2v) is 9.61. The van der Waals surface area contributed by atoms with E-state index in [1.54, 1.807) is 33.8 Å². The van der Waals surface area contributed by atoms with Gasteiger partial charge in [-0.1, -0.05) is 0 Å². The van der Waals surface area contributed by atoms with E-state index in [-0.39, 0.29) is 18.3 Å². The molecule has 4 heterocycles. The number of ether oxygens (including phenoxy) is 1. The van der Waals surface area contributed by atoms with Gasteiger partial charge in [-0.3, -0.25) is 9.69 Å². The first-order chi connectivity index (χ1) is 17.1. The van der Waals surface area contributed by atoms with E-state index >= 15 is 0 Å². The minimum absolute atomic E-state index is 0.225. The molecule has 3 aromatic heterocycles. The number of halogens is 1. The Balaban J connectivity index is 1.58. The lowest BCUT2D eigenvalue weighted by molar-refractivity contribution is -0.114. The molecule has 1 N–H and O–H groups in total. The minimum atomic E-state index is -0.603. The Morgan fingerprint density at radius 1 is 1.06 bits per heavy atom. The summed E-state index contributed by atoms with van der Waals surface area (Å²) in [6.07, 6.45) is 1.24. The number of benzene rings is 1. The molecule has 0 aliphatic carbocycles. The molecule has 5 rings (SSSR count). The van der Waals surface area contributed by atoms with Crippen molar-refractivity contribution < 1.29 is 18.7 Å². The van der Waals surface area contributed by atoms with Gasteiger partial charge in [-0.25, -0.2) is 23.7 Å². The number of aromatic nitrogens is 5. The Bertz CT molecular complexity index is 1470. The van der Waals surface area contributed by atoms with Gasteiger partial charge >= 0.3 is 6.09 Å². The van der Waals surface area contributed by atoms with Gasteiger partial charge in [0.2, 0.25) is 5.91 Å².